The number of hydrogen-bond donors (Lipinski definition) is 6. The van der Waals surface area contributed by atoms with Gasteiger partial charge in [0.05, 0.1) is 11.7 Å². The molecule has 14 nitrogen and oxygen atoms in total. The van der Waals surface area contributed by atoms with Gasteiger partial charge in [0, 0.05) is 43.7 Å². The van der Waals surface area contributed by atoms with Crippen molar-refractivity contribution in [3.8, 4) is 0 Å². The molecule has 3 aromatic rings. The van der Waals surface area contributed by atoms with Crippen molar-refractivity contribution in [3.05, 3.63) is 71.9 Å². The van der Waals surface area contributed by atoms with E-state index in [-0.39, 0.29) is 31.7 Å². The third kappa shape index (κ3) is 8.97. The molecule has 2 saturated heterocycles. The Morgan fingerprint density at radius 2 is 1.58 bits per heavy atom. The number of nitrogens with zero attached hydrogens (tertiary/aromatic N) is 2. The second-order valence-electron chi connectivity index (χ2n) is 13.6. The van der Waals surface area contributed by atoms with Crippen LogP contribution in [0.1, 0.15) is 68.3 Å². The summed E-state index contributed by atoms with van der Waals surface area (Å²) in [5.41, 5.74) is 2.01. The van der Waals surface area contributed by atoms with Crippen LogP contribution in [-0.2, 0) is 37.4 Å². The Morgan fingerprint density at radius 3 is 2.31 bits per heavy atom. The van der Waals surface area contributed by atoms with Gasteiger partial charge in [-0.3, -0.25) is 28.8 Å². The summed E-state index contributed by atoms with van der Waals surface area (Å²) in [7, 11) is 1.83. The molecule has 0 saturated carbocycles. The van der Waals surface area contributed by atoms with Crippen molar-refractivity contribution in [1.29, 1.82) is 0 Å². The van der Waals surface area contributed by atoms with Crippen molar-refractivity contribution < 1.29 is 33.9 Å². The van der Waals surface area contributed by atoms with Crippen molar-refractivity contribution in [3.63, 3.8) is 0 Å². The van der Waals surface area contributed by atoms with Crippen molar-refractivity contribution in [1.82, 2.24) is 36.1 Å². The topological polar surface area (TPSA) is 191 Å². The van der Waals surface area contributed by atoms with Gasteiger partial charge in [-0.15, -0.1) is 0 Å². The summed E-state index contributed by atoms with van der Waals surface area (Å²) in [6, 6.07) is 11.1. The number of para-hydroxylation sites is 1. The number of aromatic nitrogens is 1. The Kier molecular flexibility index (Phi) is 12.7. The van der Waals surface area contributed by atoms with Crippen LogP contribution in [0.3, 0.4) is 0 Å². The molecule has 0 radical (unpaired) electrons. The maximum atomic E-state index is 14.0. The number of aryl methyl sites for hydroxylation is 1. The summed E-state index contributed by atoms with van der Waals surface area (Å²) in [6.07, 6.45) is 2.81. The van der Waals surface area contributed by atoms with Gasteiger partial charge in [-0.2, -0.15) is 0 Å². The molecule has 14 heteroatoms. The van der Waals surface area contributed by atoms with E-state index in [0.29, 0.717) is 37.8 Å². The van der Waals surface area contributed by atoms with Crippen LogP contribution in [0.25, 0.3) is 10.9 Å². The fourth-order valence-corrected chi connectivity index (χ4v) is 6.93. The maximum absolute atomic E-state index is 14.0. The van der Waals surface area contributed by atoms with E-state index >= 15 is 0 Å². The van der Waals surface area contributed by atoms with Crippen LogP contribution in [0.15, 0.2) is 60.8 Å². The average molecular weight is 716 g/mol. The quantitative estimate of drug-likeness (QED) is 0.220. The van der Waals surface area contributed by atoms with Gasteiger partial charge in [-0.1, -0.05) is 55.5 Å². The molecule has 6 N–H and O–H groups in total. The Balaban J connectivity index is 1.41. The van der Waals surface area contributed by atoms with Gasteiger partial charge >= 0.3 is 0 Å². The van der Waals surface area contributed by atoms with Crippen molar-refractivity contribution in [2.75, 3.05) is 13.1 Å². The van der Waals surface area contributed by atoms with Crippen molar-refractivity contribution >= 4 is 46.3 Å². The molecule has 0 spiro atoms. The van der Waals surface area contributed by atoms with Gasteiger partial charge in [-0.05, 0) is 57.1 Å². The number of carbonyl (C=O) groups excluding carboxylic acids is 6. The number of carbonyl (C=O) groups is 6. The number of fused-ring (bicyclic) bond motifs is 2. The lowest BCUT2D eigenvalue weighted by molar-refractivity contribution is -0.142. The number of hydrogen-bond acceptors (Lipinski definition) is 7. The largest absolute Gasteiger partial charge is 0.391 e. The zero-order valence-corrected chi connectivity index (χ0v) is 29.9. The SMILES string of the molecule is CC[C@@H]1NC(=O)[C@@H](NC(=O)c2cn(C)c3ccccc23)CCCCNC(=O)[C@@H]2CCCN2C(=O)[C@@H](Cc2ccccc2)NC(=O)[C@H]([C@@H](C)O)NC1=O. The molecule has 52 heavy (non-hydrogen) atoms. The molecule has 0 aliphatic carbocycles. The standard InChI is InChI=1S/C38H49N7O7/c1-4-27-34(48)43-32(23(2)46)37(51)42-29(21-24-13-6-5-7-14-24)38(52)45-20-12-18-31(45)36(50)39-19-11-10-16-28(35(49)40-27)41-33(47)26-22-44(3)30-17-9-8-15-25(26)30/h5-9,13-15,17,22-23,27-29,31-32,46H,4,10-12,16,18-21H2,1-3H3,(H,39,50)(H,40,49)(H,41,47)(H,42,51)(H,43,48)/t23-,27+,28+,29-,31+,32+/m1/s1. The van der Waals surface area contributed by atoms with Gasteiger partial charge < -0.3 is 41.2 Å². The highest BCUT2D eigenvalue weighted by Gasteiger charge is 2.39. The Morgan fingerprint density at radius 1 is 0.865 bits per heavy atom. The minimum absolute atomic E-state index is 0.121. The Bertz CT molecular complexity index is 1780. The number of aliphatic hydroxyl groups is 1. The van der Waals surface area contributed by atoms with Gasteiger partial charge in [0.25, 0.3) is 5.91 Å². The van der Waals surface area contributed by atoms with Crippen LogP contribution in [-0.4, -0.2) is 99.4 Å². The van der Waals surface area contributed by atoms with Crippen molar-refractivity contribution in [2.45, 2.75) is 95.1 Å². The lowest BCUT2D eigenvalue weighted by atomic mass is 10.0. The molecular formula is C38H49N7O7. The van der Waals surface area contributed by atoms with Gasteiger partial charge in [0.15, 0.2) is 0 Å². The molecule has 6 atom stereocenters. The molecule has 2 fully saturated rings. The summed E-state index contributed by atoms with van der Waals surface area (Å²) < 4.78 is 1.83. The highest BCUT2D eigenvalue weighted by Crippen LogP contribution is 2.22. The maximum Gasteiger partial charge on any atom is 0.254 e. The minimum atomic E-state index is -1.47. The van der Waals surface area contributed by atoms with Gasteiger partial charge in [0.2, 0.25) is 29.5 Å². The van der Waals surface area contributed by atoms with E-state index in [4.69, 9.17) is 0 Å². The fourth-order valence-electron chi connectivity index (χ4n) is 6.93. The first-order valence-electron chi connectivity index (χ1n) is 18.0. The summed E-state index contributed by atoms with van der Waals surface area (Å²) >= 11 is 0. The predicted molar refractivity (Wildman–Crippen MR) is 194 cm³/mol. The number of aliphatic hydroxyl groups excluding tert-OH is 1. The van der Waals surface area contributed by atoms with E-state index in [1.165, 1.54) is 11.8 Å². The monoisotopic (exact) mass is 715 g/mol. The lowest BCUT2D eigenvalue weighted by Crippen LogP contribution is -2.61. The van der Waals surface area contributed by atoms with E-state index in [2.05, 4.69) is 26.6 Å². The molecule has 1 aromatic heterocycles. The molecule has 2 aliphatic rings. The molecular weight excluding hydrogens is 666 g/mol. The van der Waals surface area contributed by atoms with Crippen LogP contribution < -0.4 is 26.6 Å². The van der Waals surface area contributed by atoms with Crippen LogP contribution in [0.2, 0.25) is 0 Å². The molecule has 278 valence electrons. The van der Waals surface area contributed by atoms with Crippen LogP contribution >= 0.6 is 0 Å². The third-order valence-corrected chi connectivity index (χ3v) is 9.82. The van der Waals surface area contributed by atoms with E-state index < -0.39 is 65.8 Å². The zero-order valence-electron chi connectivity index (χ0n) is 29.9. The second kappa shape index (κ2) is 17.3. The van der Waals surface area contributed by atoms with E-state index in [1.54, 1.807) is 13.1 Å². The smallest absolute Gasteiger partial charge is 0.254 e. The van der Waals surface area contributed by atoms with E-state index in [0.717, 1.165) is 16.5 Å². The Hall–Kier alpha value is -5.24. The minimum Gasteiger partial charge on any atom is -0.391 e. The summed E-state index contributed by atoms with van der Waals surface area (Å²) in [4.78, 5) is 83.6. The highest BCUT2D eigenvalue weighted by atomic mass is 16.3. The summed E-state index contributed by atoms with van der Waals surface area (Å²) in [5, 5.41) is 25.2. The van der Waals surface area contributed by atoms with Gasteiger partial charge in [0.1, 0.15) is 30.2 Å². The third-order valence-electron chi connectivity index (χ3n) is 9.82. The zero-order chi connectivity index (χ0) is 37.4. The van der Waals surface area contributed by atoms with Crippen molar-refractivity contribution in [2.24, 2.45) is 7.05 Å². The van der Waals surface area contributed by atoms with E-state index in [9.17, 15) is 33.9 Å². The average Bonchev–Trinajstić information content (AvgIpc) is 3.76. The van der Waals surface area contributed by atoms with E-state index in [1.807, 2.05) is 66.2 Å². The molecule has 2 aromatic carbocycles. The molecule has 0 unspecified atom stereocenters. The lowest BCUT2D eigenvalue weighted by Gasteiger charge is -2.30. The normalized spacial score (nSPS) is 24.7. The summed E-state index contributed by atoms with van der Waals surface area (Å²) in [6.45, 7) is 3.64. The fraction of sp³-hybridized carbons (Fsp3) is 0.474. The van der Waals surface area contributed by atoms with Gasteiger partial charge in [-0.25, -0.2) is 0 Å². The first-order valence-corrected chi connectivity index (χ1v) is 18.0. The second-order valence-corrected chi connectivity index (χ2v) is 13.6. The first kappa shape index (κ1) is 38.0. The molecule has 2 aliphatic heterocycles. The molecule has 0 bridgehead atoms. The molecule has 6 amide bonds. The highest BCUT2D eigenvalue weighted by molar-refractivity contribution is 6.08. The number of nitrogens with one attached hydrogen (secondary N) is 5. The molecule has 5 rings (SSSR count). The number of amides is 6. The summed E-state index contributed by atoms with van der Waals surface area (Å²) in [5.74, 6) is -3.31. The van der Waals surface area contributed by atoms with Crippen LogP contribution in [0.5, 0.6) is 0 Å². The van der Waals surface area contributed by atoms with Crippen LogP contribution in [0.4, 0.5) is 0 Å². The Labute approximate surface area is 303 Å². The molecule has 3 heterocycles. The number of benzene rings is 2. The number of rotatable bonds is 6. The van der Waals surface area contributed by atoms with Crippen LogP contribution in [0, 0.1) is 0 Å². The predicted octanol–water partition coefficient (Wildman–Crippen LogP) is 1.06. The first-order chi connectivity index (χ1) is 25.0.